The van der Waals surface area contributed by atoms with Gasteiger partial charge in [-0.3, -0.25) is 0 Å². The molecule has 0 saturated carbocycles. The predicted octanol–water partition coefficient (Wildman–Crippen LogP) is 2.58. The van der Waals surface area contributed by atoms with Crippen LogP contribution >= 0.6 is 0 Å². The first-order valence-electron chi connectivity index (χ1n) is 9.63. The van der Waals surface area contributed by atoms with Crippen molar-refractivity contribution < 1.29 is 8.42 Å². The summed E-state index contributed by atoms with van der Waals surface area (Å²) in [6.07, 6.45) is 4.01. The number of anilines is 1. The van der Waals surface area contributed by atoms with Crippen LogP contribution in [0, 0.1) is 17.2 Å². The van der Waals surface area contributed by atoms with Crippen LogP contribution in [0.4, 0.5) is 5.69 Å². The van der Waals surface area contributed by atoms with Crippen molar-refractivity contribution in [3.63, 3.8) is 0 Å². The molecule has 150 valence electrons. The molecule has 0 spiro atoms. The number of aromatic nitrogens is 2. The third-order valence-electron chi connectivity index (χ3n) is 5.75. The first-order valence-corrected chi connectivity index (χ1v) is 11.1. The number of benzene rings is 1. The number of fused-ring (bicyclic) bond motifs is 1. The minimum atomic E-state index is -3.78. The van der Waals surface area contributed by atoms with E-state index in [1.165, 1.54) is 16.4 Å². The third kappa shape index (κ3) is 3.16. The van der Waals surface area contributed by atoms with Crippen LogP contribution in [0.25, 0.3) is 11.0 Å². The van der Waals surface area contributed by atoms with E-state index in [0.717, 1.165) is 25.2 Å². The molecule has 8 heteroatoms. The van der Waals surface area contributed by atoms with E-state index >= 15 is 0 Å². The Kier molecular flexibility index (Phi) is 5.03. The van der Waals surface area contributed by atoms with E-state index in [1.807, 2.05) is 7.05 Å². The highest BCUT2D eigenvalue weighted by Gasteiger charge is 2.32. The van der Waals surface area contributed by atoms with Crippen molar-refractivity contribution in [1.29, 1.82) is 5.26 Å². The van der Waals surface area contributed by atoms with Crippen molar-refractivity contribution in [3.05, 3.63) is 54.4 Å². The molecule has 7 nitrogen and oxygen atoms in total. The molecule has 4 rings (SSSR count). The smallest absolute Gasteiger partial charge is 0.269 e. The number of nitriles is 1. The minimum Gasteiger partial charge on any atom is -0.368 e. The van der Waals surface area contributed by atoms with Crippen LogP contribution in [-0.2, 0) is 10.0 Å². The minimum absolute atomic E-state index is 0.199. The van der Waals surface area contributed by atoms with Gasteiger partial charge in [0.15, 0.2) is 5.65 Å². The second-order valence-corrected chi connectivity index (χ2v) is 9.12. The molecule has 29 heavy (non-hydrogen) atoms. The average Bonchev–Trinajstić information content (AvgIpc) is 3.40. The largest absolute Gasteiger partial charge is 0.368 e. The summed E-state index contributed by atoms with van der Waals surface area (Å²) in [5.74, 6) is 0.463. The molecule has 0 aliphatic carbocycles. The first-order chi connectivity index (χ1) is 14.0. The number of nitrogens with zero attached hydrogens (tertiary/aromatic N) is 4. The van der Waals surface area contributed by atoms with Crippen molar-refractivity contribution in [3.8, 4) is 6.07 Å². The zero-order chi connectivity index (χ0) is 20.6. The summed E-state index contributed by atoms with van der Waals surface area (Å²) >= 11 is 0. The molecule has 0 radical (unpaired) electrons. The van der Waals surface area contributed by atoms with Gasteiger partial charge in [-0.05, 0) is 24.1 Å². The second-order valence-electron chi connectivity index (χ2n) is 7.30. The Labute approximate surface area is 170 Å². The Morgan fingerprint density at radius 1 is 1.28 bits per heavy atom. The van der Waals surface area contributed by atoms with Crippen molar-refractivity contribution in [1.82, 2.24) is 14.3 Å². The van der Waals surface area contributed by atoms with Gasteiger partial charge in [-0.15, -0.1) is 0 Å². The van der Waals surface area contributed by atoms with Crippen LogP contribution in [0.2, 0.25) is 0 Å². The van der Waals surface area contributed by atoms with Gasteiger partial charge in [-0.2, -0.15) is 5.26 Å². The van der Waals surface area contributed by atoms with E-state index < -0.39 is 10.0 Å². The molecule has 1 saturated heterocycles. The third-order valence-corrected chi connectivity index (χ3v) is 7.43. The SMILES string of the molecule is CC[C@@H]1CNCC1N(C)c1c(C#N)cnc2c1ccn2S(=O)(=O)c1ccccc1. The van der Waals surface area contributed by atoms with Crippen LogP contribution in [0.15, 0.2) is 53.7 Å². The summed E-state index contributed by atoms with van der Waals surface area (Å²) in [7, 11) is -1.81. The van der Waals surface area contributed by atoms with E-state index in [-0.39, 0.29) is 10.9 Å². The topological polar surface area (TPSA) is 91.0 Å². The maximum Gasteiger partial charge on any atom is 0.269 e. The number of rotatable bonds is 5. The number of pyridine rings is 1. The lowest BCUT2D eigenvalue weighted by molar-refractivity contribution is 0.482. The van der Waals surface area contributed by atoms with Crippen molar-refractivity contribution in [2.24, 2.45) is 5.92 Å². The van der Waals surface area contributed by atoms with Crippen LogP contribution in [0.3, 0.4) is 0 Å². The molecule has 0 bridgehead atoms. The number of hydrogen-bond donors (Lipinski definition) is 1. The van der Waals surface area contributed by atoms with Gasteiger partial charge >= 0.3 is 0 Å². The monoisotopic (exact) mass is 409 g/mol. The Morgan fingerprint density at radius 2 is 2.03 bits per heavy atom. The molecule has 1 unspecified atom stereocenters. The molecule has 0 amide bonds. The lowest BCUT2D eigenvalue weighted by Crippen LogP contribution is -2.38. The van der Waals surface area contributed by atoms with E-state index in [1.54, 1.807) is 36.4 Å². The summed E-state index contributed by atoms with van der Waals surface area (Å²) in [4.78, 5) is 6.64. The Bertz CT molecular complexity index is 1180. The molecule has 2 atom stereocenters. The van der Waals surface area contributed by atoms with Crippen LogP contribution in [0.5, 0.6) is 0 Å². The summed E-state index contributed by atoms with van der Waals surface area (Å²) in [5.41, 5.74) is 1.50. The summed E-state index contributed by atoms with van der Waals surface area (Å²) in [6, 6.07) is 12.5. The number of likely N-dealkylation sites (N-methyl/N-ethyl adjacent to an activating group) is 1. The summed E-state index contributed by atoms with van der Waals surface area (Å²) < 4.78 is 27.5. The highest BCUT2D eigenvalue weighted by Crippen LogP contribution is 2.34. The molecule has 3 aromatic rings. The van der Waals surface area contributed by atoms with E-state index in [0.29, 0.717) is 22.5 Å². The van der Waals surface area contributed by atoms with Crippen molar-refractivity contribution in [2.45, 2.75) is 24.3 Å². The maximum atomic E-state index is 13.1. The van der Waals surface area contributed by atoms with Gasteiger partial charge in [0, 0.05) is 44.0 Å². The van der Waals surface area contributed by atoms with Crippen LogP contribution in [-0.4, -0.2) is 43.6 Å². The molecular formula is C21H23N5O2S. The Morgan fingerprint density at radius 3 is 2.72 bits per heavy atom. The van der Waals surface area contributed by atoms with E-state index in [4.69, 9.17) is 0 Å². The predicted molar refractivity (Wildman–Crippen MR) is 112 cm³/mol. The van der Waals surface area contributed by atoms with E-state index in [2.05, 4.69) is 28.2 Å². The lowest BCUT2D eigenvalue weighted by atomic mass is 9.98. The standard InChI is InChI=1S/C21H23N5O2S/c1-3-15-12-23-14-19(15)25(2)20-16(11-22)13-24-21-18(20)9-10-26(21)29(27,28)17-7-5-4-6-8-17/h4-10,13,15,19,23H,3,12,14H2,1-2H3/t15-,19?/m1/s1. The summed E-state index contributed by atoms with van der Waals surface area (Å²) in [6.45, 7) is 3.92. The molecule has 1 N–H and O–H groups in total. The normalized spacial score (nSPS) is 19.3. The highest BCUT2D eigenvalue weighted by atomic mass is 32.2. The maximum absolute atomic E-state index is 13.1. The lowest BCUT2D eigenvalue weighted by Gasteiger charge is -2.31. The Balaban J connectivity index is 1.88. The molecule has 1 aliphatic heterocycles. The fraction of sp³-hybridized carbons (Fsp3) is 0.333. The highest BCUT2D eigenvalue weighted by molar-refractivity contribution is 7.90. The average molecular weight is 410 g/mol. The van der Waals surface area contributed by atoms with Gasteiger partial charge in [-0.1, -0.05) is 31.5 Å². The molecule has 1 aliphatic rings. The van der Waals surface area contributed by atoms with Gasteiger partial charge in [0.1, 0.15) is 6.07 Å². The fourth-order valence-electron chi connectivity index (χ4n) is 4.17. The Hall–Kier alpha value is -2.89. The zero-order valence-corrected chi connectivity index (χ0v) is 17.2. The van der Waals surface area contributed by atoms with E-state index in [9.17, 15) is 13.7 Å². The van der Waals surface area contributed by atoms with Gasteiger partial charge in [0.25, 0.3) is 10.0 Å². The molecular weight excluding hydrogens is 386 g/mol. The van der Waals surface area contributed by atoms with Crippen LogP contribution < -0.4 is 10.2 Å². The van der Waals surface area contributed by atoms with Crippen LogP contribution in [0.1, 0.15) is 18.9 Å². The summed E-state index contributed by atoms with van der Waals surface area (Å²) in [5, 5.41) is 13.8. The molecule has 3 heterocycles. The fourth-order valence-corrected chi connectivity index (χ4v) is 5.49. The zero-order valence-electron chi connectivity index (χ0n) is 16.4. The van der Waals surface area contributed by atoms with Gasteiger partial charge < -0.3 is 10.2 Å². The van der Waals surface area contributed by atoms with Gasteiger partial charge in [0.2, 0.25) is 0 Å². The molecule has 1 fully saturated rings. The van der Waals surface area contributed by atoms with Crippen molar-refractivity contribution in [2.75, 3.05) is 25.0 Å². The molecule has 1 aromatic carbocycles. The number of hydrogen-bond acceptors (Lipinski definition) is 6. The van der Waals surface area contributed by atoms with Gasteiger partial charge in [0.05, 0.1) is 16.1 Å². The quantitative estimate of drug-likeness (QED) is 0.696. The van der Waals surface area contributed by atoms with Crippen molar-refractivity contribution >= 4 is 26.7 Å². The second kappa shape index (κ2) is 7.50. The van der Waals surface area contributed by atoms with Gasteiger partial charge in [-0.25, -0.2) is 17.4 Å². The first kappa shape index (κ1) is 19.4. The molecule has 2 aromatic heterocycles. The number of nitrogens with one attached hydrogen (secondary N) is 1.